The van der Waals surface area contributed by atoms with E-state index in [0.29, 0.717) is 22.5 Å². The van der Waals surface area contributed by atoms with Crippen molar-refractivity contribution >= 4 is 35.0 Å². The molecule has 0 unspecified atom stereocenters. The Labute approximate surface area is 135 Å². The van der Waals surface area contributed by atoms with Gasteiger partial charge in [-0.25, -0.2) is 9.50 Å². The van der Waals surface area contributed by atoms with Crippen molar-refractivity contribution in [2.24, 2.45) is 0 Å². The maximum Gasteiger partial charge on any atom is 0.253 e. The minimum atomic E-state index is -0.0771. The summed E-state index contributed by atoms with van der Waals surface area (Å²) in [5.74, 6) is 0.697. The van der Waals surface area contributed by atoms with Crippen LogP contribution in [-0.4, -0.2) is 31.2 Å². The molecule has 0 fully saturated rings. The van der Waals surface area contributed by atoms with Crippen LogP contribution in [0.15, 0.2) is 47.9 Å². The van der Waals surface area contributed by atoms with Gasteiger partial charge in [0.2, 0.25) is 11.1 Å². The number of halogens is 1. The van der Waals surface area contributed by atoms with Gasteiger partial charge in [0, 0.05) is 24.0 Å². The molecule has 22 heavy (non-hydrogen) atoms. The molecule has 0 saturated heterocycles. The second-order valence-electron chi connectivity index (χ2n) is 4.45. The lowest BCUT2D eigenvalue weighted by atomic mass is 10.2. The van der Waals surface area contributed by atoms with E-state index in [1.807, 2.05) is 12.1 Å². The van der Waals surface area contributed by atoms with Gasteiger partial charge in [-0.05, 0) is 23.8 Å². The first kappa shape index (κ1) is 14.8. The first-order chi connectivity index (χ1) is 10.7. The Kier molecular flexibility index (Phi) is 4.55. The summed E-state index contributed by atoms with van der Waals surface area (Å²) in [7, 11) is 0. The number of nitrogens with zero attached hydrogens (tertiary/aromatic N) is 4. The molecule has 2 heterocycles. The number of benzene rings is 1. The molecule has 3 aromatic rings. The Morgan fingerprint density at radius 1 is 1.32 bits per heavy atom. The molecule has 0 radical (unpaired) electrons. The predicted molar refractivity (Wildman–Crippen MR) is 84.8 cm³/mol. The summed E-state index contributed by atoms with van der Waals surface area (Å²) in [5, 5.41) is 8.27. The lowest BCUT2D eigenvalue weighted by Crippen LogP contribution is -2.24. The van der Waals surface area contributed by atoms with Crippen molar-refractivity contribution in [3.8, 4) is 0 Å². The van der Waals surface area contributed by atoms with Crippen molar-refractivity contribution in [3.63, 3.8) is 0 Å². The van der Waals surface area contributed by atoms with E-state index in [4.69, 9.17) is 11.6 Å². The third kappa shape index (κ3) is 3.75. The third-order valence-corrected chi connectivity index (χ3v) is 3.92. The Hall–Kier alpha value is -2.12. The number of amides is 1. The average Bonchev–Trinajstić information content (AvgIpc) is 2.95. The van der Waals surface area contributed by atoms with Crippen LogP contribution >= 0.6 is 23.4 Å². The highest BCUT2D eigenvalue weighted by atomic mass is 35.5. The first-order valence-electron chi connectivity index (χ1n) is 6.52. The van der Waals surface area contributed by atoms with Crippen LogP contribution in [0.25, 0.3) is 5.78 Å². The molecule has 0 aliphatic carbocycles. The number of fused-ring (bicyclic) bond motifs is 1. The monoisotopic (exact) mass is 333 g/mol. The van der Waals surface area contributed by atoms with Gasteiger partial charge in [-0.2, -0.15) is 4.98 Å². The maximum absolute atomic E-state index is 11.8. The van der Waals surface area contributed by atoms with E-state index in [1.54, 1.807) is 35.1 Å². The van der Waals surface area contributed by atoms with Crippen LogP contribution in [0.5, 0.6) is 0 Å². The van der Waals surface area contributed by atoms with E-state index in [-0.39, 0.29) is 11.7 Å². The fourth-order valence-corrected chi connectivity index (χ4v) is 2.54. The zero-order chi connectivity index (χ0) is 15.4. The van der Waals surface area contributed by atoms with Crippen molar-refractivity contribution in [1.29, 1.82) is 0 Å². The number of aromatic nitrogens is 4. The van der Waals surface area contributed by atoms with E-state index < -0.39 is 0 Å². The van der Waals surface area contributed by atoms with E-state index in [1.165, 1.54) is 11.8 Å². The lowest BCUT2D eigenvalue weighted by Gasteiger charge is -2.04. The van der Waals surface area contributed by atoms with Crippen molar-refractivity contribution in [3.05, 3.63) is 53.3 Å². The topological polar surface area (TPSA) is 72.2 Å². The molecular weight excluding hydrogens is 322 g/mol. The second kappa shape index (κ2) is 6.76. The maximum atomic E-state index is 11.8. The first-order valence-corrected chi connectivity index (χ1v) is 7.88. The average molecular weight is 334 g/mol. The Bertz CT molecular complexity index is 756. The van der Waals surface area contributed by atoms with Crippen molar-refractivity contribution in [2.45, 2.75) is 11.7 Å². The quantitative estimate of drug-likeness (QED) is 0.725. The molecule has 0 atom stereocenters. The zero-order valence-corrected chi connectivity index (χ0v) is 13.0. The summed E-state index contributed by atoms with van der Waals surface area (Å²) in [5.41, 5.74) is 0.998. The van der Waals surface area contributed by atoms with Gasteiger partial charge in [0.1, 0.15) is 0 Å². The predicted octanol–water partition coefficient (Wildman–Crippen LogP) is 2.19. The summed E-state index contributed by atoms with van der Waals surface area (Å²) in [6, 6.07) is 9.13. The molecule has 112 valence electrons. The highest BCUT2D eigenvalue weighted by Gasteiger charge is 2.08. The van der Waals surface area contributed by atoms with Crippen LogP contribution in [0.1, 0.15) is 5.56 Å². The standard InChI is InChI=1S/C14H12ClN5OS/c15-11-4-2-10(3-5-11)8-17-12(21)9-22-14-18-13-16-6-1-7-20(13)19-14/h1-7H,8-9H2,(H,17,21). The number of rotatable bonds is 5. The number of carbonyl (C=O) groups is 1. The molecule has 0 saturated carbocycles. The van der Waals surface area contributed by atoms with Crippen LogP contribution in [0.4, 0.5) is 0 Å². The summed E-state index contributed by atoms with van der Waals surface area (Å²) >= 11 is 7.09. The van der Waals surface area contributed by atoms with E-state index in [9.17, 15) is 4.79 Å². The minimum Gasteiger partial charge on any atom is -0.351 e. The van der Waals surface area contributed by atoms with E-state index >= 15 is 0 Å². The molecule has 0 aliphatic rings. The molecule has 0 spiro atoms. The lowest BCUT2D eigenvalue weighted by molar-refractivity contribution is -0.118. The van der Waals surface area contributed by atoms with Crippen molar-refractivity contribution in [2.75, 3.05) is 5.75 Å². The molecule has 8 heteroatoms. The number of hydrogen-bond acceptors (Lipinski definition) is 5. The van der Waals surface area contributed by atoms with Gasteiger partial charge in [-0.1, -0.05) is 35.5 Å². The molecule has 1 amide bonds. The Balaban J connectivity index is 1.50. The SMILES string of the molecule is O=C(CSc1nc2ncccn2n1)NCc1ccc(Cl)cc1. The number of nitrogens with one attached hydrogen (secondary N) is 1. The molecule has 6 nitrogen and oxygen atoms in total. The molecule has 2 aromatic heterocycles. The normalized spacial score (nSPS) is 10.8. The van der Waals surface area contributed by atoms with Crippen LogP contribution in [-0.2, 0) is 11.3 Å². The van der Waals surface area contributed by atoms with Gasteiger partial charge in [0.15, 0.2) is 0 Å². The third-order valence-electron chi connectivity index (χ3n) is 2.83. The molecule has 0 bridgehead atoms. The summed E-state index contributed by atoms with van der Waals surface area (Å²) in [6.45, 7) is 0.469. The highest BCUT2D eigenvalue weighted by Crippen LogP contribution is 2.13. The molecular formula is C14H12ClN5OS. The van der Waals surface area contributed by atoms with E-state index in [0.717, 1.165) is 5.56 Å². The van der Waals surface area contributed by atoms with Crippen LogP contribution in [0, 0.1) is 0 Å². The number of hydrogen-bond donors (Lipinski definition) is 1. The molecule has 3 rings (SSSR count). The van der Waals surface area contributed by atoms with Crippen LogP contribution in [0.3, 0.4) is 0 Å². The summed E-state index contributed by atoms with van der Waals surface area (Å²) in [4.78, 5) is 20.1. The molecule has 1 N–H and O–H groups in total. The molecule has 0 aliphatic heterocycles. The van der Waals surface area contributed by atoms with Crippen LogP contribution in [0.2, 0.25) is 5.02 Å². The second-order valence-corrected chi connectivity index (χ2v) is 5.83. The van der Waals surface area contributed by atoms with Gasteiger partial charge in [-0.15, -0.1) is 5.10 Å². The van der Waals surface area contributed by atoms with Gasteiger partial charge >= 0.3 is 0 Å². The highest BCUT2D eigenvalue weighted by molar-refractivity contribution is 7.99. The zero-order valence-electron chi connectivity index (χ0n) is 11.4. The van der Waals surface area contributed by atoms with Gasteiger partial charge in [0.25, 0.3) is 5.78 Å². The smallest absolute Gasteiger partial charge is 0.253 e. The summed E-state index contributed by atoms with van der Waals surface area (Å²) in [6.07, 6.45) is 3.41. The fraction of sp³-hybridized carbons (Fsp3) is 0.143. The van der Waals surface area contributed by atoms with Gasteiger partial charge < -0.3 is 5.32 Å². The van der Waals surface area contributed by atoms with Crippen molar-refractivity contribution < 1.29 is 4.79 Å². The van der Waals surface area contributed by atoms with Gasteiger partial charge in [0.05, 0.1) is 5.75 Å². The van der Waals surface area contributed by atoms with E-state index in [2.05, 4.69) is 20.4 Å². The van der Waals surface area contributed by atoms with Crippen LogP contribution < -0.4 is 5.32 Å². The fourth-order valence-electron chi connectivity index (χ4n) is 1.76. The van der Waals surface area contributed by atoms with Gasteiger partial charge in [-0.3, -0.25) is 4.79 Å². The minimum absolute atomic E-state index is 0.0771. The molecule has 1 aromatic carbocycles. The summed E-state index contributed by atoms with van der Waals surface area (Å²) < 4.78 is 1.58. The van der Waals surface area contributed by atoms with Crippen molar-refractivity contribution in [1.82, 2.24) is 24.9 Å². The Morgan fingerprint density at radius 3 is 2.91 bits per heavy atom. The number of thioether (sulfide) groups is 1. The number of carbonyl (C=O) groups excluding carboxylic acids is 1. The Morgan fingerprint density at radius 2 is 2.14 bits per heavy atom. The largest absolute Gasteiger partial charge is 0.351 e.